The predicted octanol–water partition coefficient (Wildman–Crippen LogP) is 1.44. The van der Waals surface area contributed by atoms with E-state index in [1.165, 1.54) is 0 Å². The molecule has 1 unspecified atom stereocenters. The van der Waals surface area contributed by atoms with Gasteiger partial charge in [0.05, 0.1) is 16.8 Å². The van der Waals surface area contributed by atoms with Crippen LogP contribution in [0.5, 0.6) is 0 Å². The zero-order chi connectivity index (χ0) is 13.8. The lowest BCUT2D eigenvalue weighted by Gasteiger charge is -2.16. The van der Waals surface area contributed by atoms with Gasteiger partial charge in [0, 0.05) is 13.2 Å². The fourth-order valence-electron chi connectivity index (χ4n) is 1.90. The molecule has 4 nitrogen and oxygen atoms in total. The summed E-state index contributed by atoms with van der Waals surface area (Å²) in [6.07, 6.45) is -0.444. The Hall–Kier alpha value is -0.910. The van der Waals surface area contributed by atoms with Crippen LogP contribution in [-0.2, 0) is 14.6 Å². The number of ether oxygens (including phenoxy) is 1. The van der Waals surface area contributed by atoms with Crippen molar-refractivity contribution in [2.45, 2.75) is 31.8 Å². The normalized spacial score (nSPS) is 13.6. The maximum Gasteiger partial charge on any atom is 0.181 e. The molecular weight excluding hydrogens is 250 g/mol. The Morgan fingerprint density at radius 1 is 1.33 bits per heavy atom. The number of hydrogen-bond acceptors (Lipinski definition) is 4. The van der Waals surface area contributed by atoms with Crippen LogP contribution >= 0.6 is 0 Å². The molecule has 5 heteroatoms. The summed E-state index contributed by atoms with van der Waals surface area (Å²) < 4.78 is 29.9. The number of hydrogen-bond donors (Lipinski definition) is 1. The molecule has 0 aliphatic heterocycles. The summed E-state index contributed by atoms with van der Waals surface area (Å²) in [5.74, 6) is -0.0682. The highest BCUT2D eigenvalue weighted by atomic mass is 32.2. The van der Waals surface area contributed by atoms with E-state index in [1.807, 2.05) is 19.9 Å². The maximum atomic E-state index is 12.3. The van der Waals surface area contributed by atoms with Crippen LogP contribution in [-0.4, -0.2) is 33.4 Å². The molecule has 0 radical (unpaired) electrons. The molecule has 0 saturated carbocycles. The molecule has 0 amide bonds. The van der Waals surface area contributed by atoms with Crippen LogP contribution in [0, 0.1) is 13.8 Å². The van der Waals surface area contributed by atoms with Crippen molar-refractivity contribution < 1.29 is 13.2 Å². The van der Waals surface area contributed by atoms with Crippen LogP contribution in [0.15, 0.2) is 23.1 Å². The fourth-order valence-corrected chi connectivity index (χ4v) is 3.63. The summed E-state index contributed by atoms with van der Waals surface area (Å²) >= 11 is 0. The minimum Gasteiger partial charge on any atom is -0.376 e. The first-order valence-electron chi connectivity index (χ1n) is 6.02. The molecule has 0 aromatic heterocycles. The Kier molecular flexibility index (Phi) is 5.31. The predicted molar refractivity (Wildman–Crippen MR) is 72.4 cm³/mol. The molecule has 0 saturated heterocycles. The number of aryl methyl sites for hydroxylation is 2. The molecule has 1 rings (SSSR count). The topological polar surface area (TPSA) is 69.4 Å². The van der Waals surface area contributed by atoms with Crippen molar-refractivity contribution in [3.63, 3.8) is 0 Å². The van der Waals surface area contributed by atoms with Crippen LogP contribution in [0.25, 0.3) is 0 Å². The molecular formula is C13H21NO3S. The molecule has 2 N–H and O–H groups in total. The standard InChI is InChI=1S/C13H21NO3S/c1-4-17-12(8-14)9-18(15,16)13-6-5-10(2)7-11(13)3/h5-7,12H,4,8-9,14H2,1-3H3. The highest BCUT2D eigenvalue weighted by Gasteiger charge is 2.22. The van der Waals surface area contributed by atoms with Crippen LogP contribution in [0.2, 0.25) is 0 Å². The Morgan fingerprint density at radius 2 is 2.00 bits per heavy atom. The first kappa shape index (κ1) is 15.1. The minimum atomic E-state index is -3.35. The maximum absolute atomic E-state index is 12.3. The van der Waals surface area contributed by atoms with E-state index in [1.54, 1.807) is 19.1 Å². The van der Waals surface area contributed by atoms with E-state index < -0.39 is 15.9 Å². The van der Waals surface area contributed by atoms with Gasteiger partial charge in [-0.05, 0) is 32.4 Å². The Labute approximate surface area is 109 Å². The van der Waals surface area contributed by atoms with Crippen molar-refractivity contribution in [2.24, 2.45) is 5.73 Å². The average molecular weight is 271 g/mol. The third kappa shape index (κ3) is 3.80. The lowest BCUT2D eigenvalue weighted by molar-refractivity contribution is 0.0846. The van der Waals surface area contributed by atoms with Crippen molar-refractivity contribution in [3.8, 4) is 0 Å². The fraction of sp³-hybridized carbons (Fsp3) is 0.538. The summed E-state index contributed by atoms with van der Waals surface area (Å²) in [7, 11) is -3.35. The van der Waals surface area contributed by atoms with Crippen molar-refractivity contribution in [2.75, 3.05) is 18.9 Å². The van der Waals surface area contributed by atoms with Crippen LogP contribution < -0.4 is 5.73 Å². The van der Waals surface area contributed by atoms with Crippen molar-refractivity contribution in [3.05, 3.63) is 29.3 Å². The molecule has 0 bridgehead atoms. The summed E-state index contributed by atoms with van der Waals surface area (Å²) in [6.45, 7) is 6.24. The SMILES string of the molecule is CCOC(CN)CS(=O)(=O)c1ccc(C)cc1C. The van der Waals surface area contributed by atoms with Crippen molar-refractivity contribution >= 4 is 9.84 Å². The second kappa shape index (κ2) is 6.31. The highest BCUT2D eigenvalue weighted by Crippen LogP contribution is 2.19. The van der Waals surface area contributed by atoms with Gasteiger partial charge >= 0.3 is 0 Å². The molecule has 18 heavy (non-hydrogen) atoms. The van der Waals surface area contributed by atoms with E-state index in [0.29, 0.717) is 11.5 Å². The molecule has 0 fully saturated rings. The van der Waals surface area contributed by atoms with Gasteiger partial charge in [-0.25, -0.2) is 8.42 Å². The van der Waals surface area contributed by atoms with E-state index >= 15 is 0 Å². The van der Waals surface area contributed by atoms with Gasteiger partial charge in [0.1, 0.15) is 0 Å². The highest BCUT2D eigenvalue weighted by molar-refractivity contribution is 7.91. The Balaban J connectivity index is 2.99. The zero-order valence-electron chi connectivity index (χ0n) is 11.1. The Bertz CT molecular complexity index is 497. The second-order valence-electron chi connectivity index (χ2n) is 4.36. The number of benzene rings is 1. The summed E-state index contributed by atoms with van der Waals surface area (Å²) in [5, 5.41) is 0. The number of rotatable bonds is 6. The molecule has 1 aromatic rings. The number of nitrogens with two attached hydrogens (primary N) is 1. The third-order valence-electron chi connectivity index (χ3n) is 2.74. The van der Waals surface area contributed by atoms with Gasteiger partial charge in [-0.1, -0.05) is 17.7 Å². The van der Waals surface area contributed by atoms with E-state index in [-0.39, 0.29) is 12.3 Å². The molecule has 0 aliphatic rings. The quantitative estimate of drug-likeness (QED) is 0.850. The van der Waals surface area contributed by atoms with Gasteiger partial charge in [0.2, 0.25) is 0 Å². The van der Waals surface area contributed by atoms with E-state index in [2.05, 4.69) is 0 Å². The first-order chi connectivity index (χ1) is 8.40. The summed E-state index contributed by atoms with van der Waals surface area (Å²) in [6, 6.07) is 5.32. The molecule has 102 valence electrons. The lowest BCUT2D eigenvalue weighted by Crippen LogP contribution is -2.31. The van der Waals surface area contributed by atoms with Crippen molar-refractivity contribution in [1.82, 2.24) is 0 Å². The summed E-state index contributed by atoms with van der Waals surface area (Å²) in [5.41, 5.74) is 7.33. The smallest absolute Gasteiger partial charge is 0.181 e. The van der Waals surface area contributed by atoms with E-state index in [9.17, 15) is 8.42 Å². The van der Waals surface area contributed by atoms with Crippen LogP contribution in [0.3, 0.4) is 0 Å². The largest absolute Gasteiger partial charge is 0.376 e. The molecule has 0 heterocycles. The molecule has 1 atom stereocenters. The van der Waals surface area contributed by atoms with Gasteiger partial charge in [-0.15, -0.1) is 0 Å². The average Bonchev–Trinajstić information content (AvgIpc) is 2.27. The van der Waals surface area contributed by atoms with Gasteiger partial charge in [0.15, 0.2) is 9.84 Å². The van der Waals surface area contributed by atoms with E-state index in [4.69, 9.17) is 10.5 Å². The molecule has 0 aliphatic carbocycles. The van der Waals surface area contributed by atoms with Gasteiger partial charge in [-0.2, -0.15) is 0 Å². The zero-order valence-corrected chi connectivity index (χ0v) is 12.0. The van der Waals surface area contributed by atoms with Crippen LogP contribution in [0.1, 0.15) is 18.1 Å². The van der Waals surface area contributed by atoms with Gasteiger partial charge in [-0.3, -0.25) is 0 Å². The van der Waals surface area contributed by atoms with Gasteiger partial charge < -0.3 is 10.5 Å². The monoisotopic (exact) mass is 271 g/mol. The summed E-state index contributed by atoms with van der Waals surface area (Å²) in [4.78, 5) is 0.367. The third-order valence-corrected chi connectivity index (χ3v) is 4.67. The first-order valence-corrected chi connectivity index (χ1v) is 7.67. The van der Waals surface area contributed by atoms with Crippen LogP contribution in [0.4, 0.5) is 0 Å². The Morgan fingerprint density at radius 3 is 2.50 bits per heavy atom. The van der Waals surface area contributed by atoms with Gasteiger partial charge in [0.25, 0.3) is 0 Å². The second-order valence-corrected chi connectivity index (χ2v) is 6.37. The van der Waals surface area contributed by atoms with Crippen molar-refractivity contribution in [1.29, 1.82) is 0 Å². The minimum absolute atomic E-state index is 0.0682. The lowest BCUT2D eigenvalue weighted by atomic mass is 10.2. The molecule has 1 aromatic carbocycles. The number of sulfone groups is 1. The van der Waals surface area contributed by atoms with E-state index in [0.717, 1.165) is 11.1 Å². The molecule has 0 spiro atoms.